The summed E-state index contributed by atoms with van der Waals surface area (Å²) in [5, 5.41) is 15.4. The van der Waals surface area contributed by atoms with Crippen LogP contribution in [0.15, 0.2) is 60.8 Å². The van der Waals surface area contributed by atoms with Crippen molar-refractivity contribution >= 4 is 34.4 Å². The number of aryl methyl sites for hydroxylation is 1. The van der Waals surface area contributed by atoms with Gasteiger partial charge in [0.25, 0.3) is 0 Å². The number of para-hydroxylation sites is 1. The van der Waals surface area contributed by atoms with Crippen LogP contribution in [0.5, 0.6) is 5.75 Å². The number of fused-ring (bicyclic) bond motifs is 2. The average Bonchev–Trinajstić information content (AvgIpc) is 3.30. The van der Waals surface area contributed by atoms with Crippen molar-refractivity contribution in [3.63, 3.8) is 0 Å². The Kier molecular flexibility index (Phi) is 6.65. The lowest BCUT2D eigenvalue weighted by atomic mass is 9.89. The predicted molar refractivity (Wildman–Crippen MR) is 138 cm³/mol. The Morgan fingerprint density at radius 3 is 2.72 bits per heavy atom. The maximum absolute atomic E-state index is 13.2. The second-order valence-corrected chi connectivity index (χ2v) is 9.31. The third-order valence-electron chi connectivity index (χ3n) is 6.71. The fourth-order valence-electron chi connectivity index (χ4n) is 4.91. The number of methoxy groups -OCH3 is 1. The van der Waals surface area contributed by atoms with Crippen molar-refractivity contribution in [2.24, 2.45) is 0 Å². The molecule has 0 saturated heterocycles. The number of carbonyl (C=O) groups is 2. The van der Waals surface area contributed by atoms with E-state index in [4.69, 9.17) is 16.3 Å². The summed E-state index contributed by atoms with van der Waals surface area (Å²) in [4.78, 5) is 26.4. The van der Waals surface area contributed by atoms with Crippen LogP contribution in [-0.4, -0.2) is 45.3 Å². The van der Waals surface area contributed by atoms with Gasteiger partial charge >= 0.3 is 5.97 Å². The van der Waals surface area contributed by atoms with E-state index in [1.165, 1.54) is 0 Å². The highest BCUT2D eigenvalue weighted by Crippen LogP contribution is 2.39. The lowest BCUT2D eigenvalue weighted by molar-refractivity contribution is -0.136. The minimum atomic E-state index is -0.897. The van der Waals surface area contributed by atoms with E-state index < -0.39 is 5.97 Å². The monoisotopic (exact) mass is 503 g/mol. The number of nitrogens with zero attached hydrogens (tertiary/aromatic N) is 3. The van der Waals surface area contributed by atoms with Gasteiger partial charge in [0.1, 0.15) is 5.75 Å². The molecule has 36 heavy (non-hydrogen) atoms. The van der Waals surface area contributed by atoms with E-state index in [-0.39, 0.29) is 12.3 Å². The summed E-state index contributed by atoms with van der Waals surface area (Å²) in [5.41, 5.74) is 5.36. The van der Waals surface area contributed by atoms with Crippen LogP contribution in [-0.2, 0) is 35.5 Å². The van der Waals surface area contributed by atoms with Gasteiger partial charge in [-0.05, 0) is 52.9 Å². The summed E-state index contributed by atoms with van der Waals surface area (Å²) in [6, 6.07) is 17.1. The number of carboxylic acid groups (broad SMARTS) is 1. The van der Waals surface area contributed by atoms with Gasteiger partial charge in [-0.1, -0.05) is 41.9 Å². The van der Waals surface area contributed by atoms with Crippen molar-refractivity contribution in [2.45, 2.75) is 32.4 Å². The minimum absolute atomic E-state index is 0.0535. The van der Waals surface area contributed by atoms with Crippen LogP contribution in [0.3, 0.4) is 0 Å². The summed E-state index contributed by atoms with van der Waals surface area (Å²) < 4.78 is 7.47. The number of ether oxygens (including phenoxy) is 1. The molecule has 0 radical (unpaired) electrons. The van der Waals surface area contributed by atoms with Crippen LogP contribution in [0, 0.1) is 0 Å². The predicted octanol–water partition coefficient (Wildman–Crippen LogP) is 4.97. The molecule has 1 aliphatic rings. The first-order valence-electron chi connectivity index (χ1n) is 11.8. The van der Waals surface area contributed by atoms with Gasteiger partial charge < -0.3 is 14.7 Å². The maximum Gasteiger partial charge on any atom is 0.307 e. The molecule has 0 spiro atoms. The van der Waals surface area contributed by atoms with Crippen LogP contribution in [0.4, 0.5) is 0 Å². The summed E-state index contributed by atoms with van der Waals surface area (Å²) in [5.74, 6) is -0.202. The first kappa shape index (κ1) is 23.9. The molecule has 4 aromatic rings. The standard InChI is InChI=1S/C28H26ClN3O4/c1-36-26-9-6-18(15-28(34)35)14-22(26)20-7-8-24(29)21-10-12-31(17-23(20)21)27(33)11-13-32-25-5-3-2-4-19(25)16-30-32/h2-9,14,16H,10-13,15,17H2,1H3,(H,34,35). The van der Waals surface area contributed by atoms with E-state index in [0.29, 0.717) is 48.8 Å². The van der Waals surface area contributed by atoms with E-state index in [2.05, 4.69) is 5.10 Å². The third kappa shape index (κ3) is 4.66. The van der Waals surface area contributed by atoms with E-state index in [1.807, 2.05) is 58.2 Å². The first-order valence-corrected chi connectivity index (χ1v) is 12.2. The molecule has 5 rings (SSSR count). The first-order chi connectivity index (χ1) is 17.4. The molecule has 0 bridgehead atoms. The fraction of sp³-hybridized carbons (Fsp3) is 0.250. The van der Waals surface area contributed by atoms with Gasteiger partial charge in [0.15, 0.2) is 0 Å². The number of carboxylic acids is 1. The second kappa shape index (κ2) is 10.0. The van der Waals surface area contributed by atoms with Crippen molar-refractivity contribution in [2.75, 3.05) is 13.7 Å². The highest BCUT2D eigenvalue weighted by molar-refractivity contribution is 6.31. The van der Waals surface area contributed by atoms with Crippen LogP contribution in [0.1, 0.15) is 23.1 Å². The molecule has 0 atom stereocenters. The quantitative estimate of drug-likeness (QED) is 0.385. The molecule has 8 heteroatoms. The molecule has 0 fully saturated rings. The molecule has 1 aromatic heterocycles. The number of hydrogen-bond acceptors (Lipinski definition) is 4. The number of aromatic nitrogens is 2. The Balaban J connectivity index is 1.42. The SMILES string of the molecule is COc1ccc(CC(=O)O)cc1-c1ccc(Cl)c2c1CN(C(=O)CCn1ncc3ccccc31)CC2. The van der Waals surface area contributed by atoms with Gasteiger partial charge in [-0.2, -0.15) is 5.10 Å². The Bertz CT molecular complexity index is 1460. The van der Waals surface area contributed by atoms with Crippen LogP contribution >= 0.6 is 11.6 Å². The van der Waals surface area contributed by atoms with Gasteiger partial charge in [0.05, 0.1) is 31.8 Å². The van der Waals surface area contributed by atoms with E-state index >= 15 is 0 Å². The smallest absolute Gasteiger partial charge is 0.307 e. The number of halogens is 1. The van der Waals surface area contributed by atoms with E-state index in [1.54, 1.807) is 19.2 Å². The van der Waals surface area contributed by atoms with Crippen molar-refractivity contribution in [1.82, 2.24) is 14.7 Å². The number of carbonyl (C=O) groups excluding carboxylic acids is 1. The lowest BCUT2D eigenvalue weighted by Crippen LogP contribution is -2.36. The van der Waals surface area contributed by atoms with Crippen LogP contribution in [0.25, 0.3) is 22.0 Å². The molecule has 0 aliphatic carbocycles. The molecule has 0 saturated carbocycles. The van der Waals surface area contributed by atoms with Gasteiger partial charge in [-0.25, -0.2) is 0 Å². The highest BCUT2D eigenvalue weighted by atomic mass is 35.5. The summed E-state index contributed by atoms with van der Waals surface area (Å²) >= 11 is 6.56. The zero-order chi connectivity index (χ0) is 25.2. The highest BCUT2D eigenvalue weighted by Gasteiger charge is 2.26. The van der Waals surface area contributed by atoms with Crippen molar-refractivity contribution in [1.29, 1.82) is 0 Å². The summed E-state index contributed by atoms with van der Waals surface area (Å²) in [6.07, 6.45) is 2.72. The van der Waals surface area contributed by atoms with Crippen LogP contribution < -0.4 is 4.74 Å². The summed E-state index contributed by atoms with van der Waals surface area (Å²) in [7, 11) is 1.59. The Morgan fingerprint density at radius 1 is 1.08 bits per heavy atom. The Labute approximate surface area is 213 Å². The number of benzene rings is 3. The number of rotatable bonds is 7. The molecule has 1 aliphatic heterocycles. The van der Waals surface area contributed by atoms with Gasteiger partial charge in [0, 0.05) is 35.5 Å². The molecule has 1 N–H and O–H groups in total. The van der Waals surface area contributed by atoms with Gasteiger partial charge in [0.2, 0.25) is 5.91 Å². The number of aliphatic carboxylic acids is 1. The normalized spacial score (nSPS) is 13.0. The van der Waals surface area contributed by atoms with Gasteiger partial charge in [-0.3, -0.25) is 14.3 Å². The van der Waals surface area contributed by atoms with Crippen molar-refractivity contribution in [3.8, 4) is 16.9 Å². The molecule has 2 heterocycles. The zero-order valence-electron chi connectivity index (χ0n) is 19.9. The van der Waals surface area contributed by atoms with Gasteiger partial charge in [-0.15, -0.1) is 0 Å². The van der Waals surface area contributed by atoms with Crippen molar-refractivity contribution in [3.05, 3.63) is 82.5 Å². The topological polar surface area (TPSA) is 84.7 Å². The van der Waals surface area contributed by atoms with E-state index in [9.17, 15) is 14.7 Å². The minimum Gasteiger partial charge on any atom is -0.496 e. The zero-order valence-corrected chi connectivity index (χ0v) is 20.7. The largest absolute Gasteiger partial charge is 0.496 e. The molecule has 7 nitrogen and oxygen atoms in total. The Hall–Kier alpha value is -3.84. The molecular weight excluding hydrogens is 478 g/mol. The number of amides is 1. The van der Waals surface area contributed by atoms with Crippen molar-refractivity contribution < 1.29 is 19.4 Å². The molecule has 1 amide bonds. The second-order valence-electron chi connectivity index (χ2n) is 8.90. The molecule has 3 aromatic carbocycles. The third-order valence-corrected chi connectivity index (χ3v) is 7.06. The molecule has 0 unspecified atom stereocenters. The molecular formula is C28H26ClN3O4. The fourth-order valence-corrected chi connectivity index (χ4v) is 5.18. The maximum atomic E-state index is 13.2. The summed E-state index contributed by atoms with van der Waals surface area (Å²) in [6.45, 7) is 1.52. The Morgan fingerprint density at radius 2 is 1.92 bits per heavy atom. The average molecular weight is 504 g/mol. The number of hydrogen-bond donors (Lipinski definition) is 1. The lowest BCUT2D eigenvalue weighted by Gasteiger charge is -2.31. The van der Waals surface area contributed by atoms with E-state index in [0.717, 1.165) is 33.2 Å². The van der Waals surface area contributed by atoms with Crippen LogP contribution in [0.2, 0.25) is 5.02 Å². The molecule has 184 valence electrons.